The predicted molar refractivity (Wildman–Crippen MR) is 96.1 cm³/mol. The predicted octanol–water partition coefficient (Wildman–Crippen LogP) is 4.22. The van der Waals surface area contributed by atoms with Crippen LogP contribution in [0.1, 0.15) is 0 Å². The van der Waals surface area contributed by atoms with E-state index in [2.05, 4.69) is 9.47 Å². The van der Waals surface area contributed by atoms with E-state index in [-0.39, 0.29) is 33.0 Å². The molecule has 0 atom stereocenters. The second-order valence-corrected chi connectivity index (χ2v) is 5.49. The third-order valence-electron chi connectivity index (χ3n) is 3.78. The Kier molecular flexibility index (Phi) is 5.14. The van der Waals surface area contributed by atoms with Crippen molar-refractivity contribution in [3.63, 3.8) is 0 Å². The first-order valence-corrected chi connectivity index (χ1v) is 7.83. The van der Waals surface area contributed by atoms with Gasteiger partial charge in [-0.2, -0.15) is 0 Å². The van der Waals surface area contributed by atoms with Gasteiger partial charge >= 0.3 is 24.6 Å². The molecule has 12 heteroatoms. The smallest absolute Gasteiger partial charge is 0.449 e. The molecule has 3 rings (SSSR count). The molecule has 0 saturated carbocycles. The number of carbonyl (C=O) groups is 4. The van der Waals surface area contributed by atoms with E-state index in [0.717, 1.165) is 0 Å². The zero-order chi connectivity index (χ0) is 22.0. The fourth-order valence-corrected chi connectivity index (χ4v) is 2.93. The number of fused-ring (bicyclic) bond motifs is 3. The summed E-state index contributed by atoms with van der Waals surface area (Å²) >= 11 is 0. The van der Waals surface area contributed by atoms with Crippen molar-refractivity contribution < 1.29 is 58.6 Å². The van der Waals surface area contributed by atoms with Gasteiger partial charge in [-0.3, -0.25) is 0 Å². The van der Waals surface area contributed by atoms with Gasteiger partial charge in [-0.1, -0.05) is 24.3 Å². The molecule has 0 aliphatic rings. The summed E-state index contributed by atoms with van der Waals surface area (Å²) in [7, 11) is 0. The summed E-state index contributed by atoms with van der Waals surface area (Å²) in [6, 6.07) is 7.98. The summed E-state index contributed by atoms with van der Waals surface area (Å²) in [6.07, 6.45) is -7.22. The van der Waals surface area contributed by atoms with Gasteiger partial charge in [-0.15, -0.1) is 0 Å². The third-order valence-corrected chi connectivity index (χ3v) is 3.78. The lowest BCUT2D eigenvalue weighted by Gasteiger charge is -2.17. The van der Waals surface area contributed by atoms with Gasteiger partial charge in [0.05, 0.1) is 10.8 Å². The molecule has 0 aromatic heterocycles. The zero-order valence-electron chi connectivity index (χ0n) is 14.5. The van der Waals surface area contributed by atoms with Crippen molar-refractivity contribution in [3.8, 4) is 23.0 Å². The Labute approximate surface area is 165 Å². The number of hydrogen-bond acceptors (Lipinski definition) is 8. The molecule has 30 heavy (non-hydrogen) atoms. The minimum atomic E-state index is -1.88. The molecule has 3 aromatic rings. The van der Waals surface area contributed by atoms with Crippen LogP contribution in [-0.2, 0) is 0 Å². The van der Waals surface area contributed by atoms with Crippen LogP contribution < -0.4 is 18.9 Å². The summed E-state index contributed by atoms with van der Waals surface area (Å²) in [5, 5.41) is 36.1. The van der Waals surface area contributed by atoms with Gasteiger partial charge in [0.15, 0.2) is 11.5 Å². The Bertz CT molecular complexity index is 1120. The van der Waals surface area contributed by atoms with Gasteiger partial charge in [0.25, 0.3) is 0 Å². The van der Waals surface area contributed by atoms with Crippen LogP contribution in [0.5, 0.6) is 23.0 Å². The highest BCUT2D eigenvalue weighted by Crippen LogP contribution is 2.50. The molecule has 0 amide bonds. The fourth-order valence-electron chi connectivity index (χ4n) is 2.93. The lowest BCUT2D eigenvalue weighted by atomic mass is 9.98. The van der Waals surface area contributed by atoms with E-state index in [4.69, 9.17) is 29.9 Å². The van der Waals surface area contributed by atoms with Crippen LogP contribution in [0.4, 0.5) is 19.2 Å². The van der Waals surface area contributed by atoms with E-state index in [0.29, 0.717) is 0 Å². The van der Waals surface area contributed by atoms with E-state index in [1.54, 1.807) is 0 Å². The summed E-state index contributed by atoms with van der Waals surface area (Å²) in [6.45, 7) is 0. The number of ether oxygens (including phenoxy) is 4. The number of hydrogen-bond donors (Lipinski definition) is 4. The molecule has 0 heterocycles. The Morgan fingerprint density at radius 2 is 0.867 bits per heavy atom. The van der Waals surface area contributed by atoms with E-state index in [1.165, 1.54) is 36.4 Å². The number of rotatable bonds is 4. The average molecular weight is 418 g/mol. The Morgan fingerprint density at radius 1 is 0.533 bits per heavy atom. The largest absolute Gasteiger partial charge is 0.511 e. The molecule has 154 valence electrons. The Balaban J connectivity index is 2.57. The molecule has 0 aliphatic carbocycles. The zero-order valence-corrected chi connectivity index (χ0v) is 14.5. The van der Waals surface area contributed by atoms with Gasteiger partial charge in [0, 0.05) is 0 Å². The first kappa shape index (κ1) is 20.0. The quantitative estimate of drug-likeness (QED) is 0.269. The maximum Gasteiger partial charge on any atom is 0.511 e. The van der Waals surface area contributed by atoms with Crippen molar-refractivity contribution >= 4 is 46.2 Å². The highest BCUT2D eigenvalue weighted by Gasteiger charge is 2.27. The van der Waals surface area contributed by atoms with Gasteiger partial charge in [-0.25, -0.2) is 19.2 Å². The van der Waals surface area contributed by atoms with Crippen molar-refractivity contribution in [1.29, 1.82) is 0 Å². The lowest BCUT2D eigenvalue weighted by Crippen LogP contribution is -2.11. The Hall–Kier alpha value is -4.74. The van der Waals surface area contributed by atoms with Crippen LogP contribution in [-0.4, -0.2) is 45.0 Å². The Morgan fingerprint density at radius 3 is 1.17 bits per heavy atom. The molecule has 0 bridgehead atoms. The van der Waals surface area contributed by atoms with Crippen LogP contribution in [0.3, 0.4) is 0 Å². The van der Waals surface area contributed by atoms with Gasteiger partial charge < -0.3 is 39.4 Å². The maximum atomic E-state index is 11.3. The minimum Gasteiger partial charge on any atom is -0.449 e. The minimum absolute atomic E-state index is 0.147. The van der Waals surface area contributed by atoms with Crippen LogP contribution in [0, 0.1) is 0 Å². The van der Waals surface area contributed by atoms with Crippen LogP contribution in [0.15, 0.2) is 36.4 Å². The summed E-state index contributed by atoms with van der Waals surface area (Å²) in [5.41, 5.74) is 0. The standard InChI is InChI=1S/C18H10O12/c19-15(20)27-9-5-1-3-7-8-4-2-6-10(28-16(21)22)12(8)14(30-18(25)26)13(11(7)9)29-17(23)24/h1-6H,(H,19,20)(H,21,22)(H,23,24)(H,25,26). The first-order chi connectivity index (χ1) is 14.2. The first-order valence-electron chi connectivity index (χ1n) is 7.83. The molecule has 0 saturated heterocycles. The second-order valence-electron chi connectivity index (χ2n) is 5.49. The monoisotopic (exact) mass is 418 g/mol. The fraction of sp³-hybridized carbons (Fsp3) is 0. The molecule has 0 unspecified atom stereocenters. The topological polar surface area (TPSA) is 186 Å². The maximum absolute atomic E-state index is 11.3. The van der Waals surface area contributed by atoms with E-state index < -0.39 is 36.1 Å². The highest BCUT2D eigenvalue weighted by molar-refractivity contribution is 6.18. The summed E-state index contributed by atoms with van der Waals surface area (Å²) < 4.78 is 18.7. The molecule has 12 nitrogen and oxygen atoms in total. The molecule has 0 aliphatic heterocycles. The van der Waals surface area contributed by atoms with Crippen molar-refractivity contribution in [2.75, 3.05) is 0 Å². The molecular formula is C18H10O12. The molecule has 4 N–H and O–H groups in total. The summed E-state index contributed by atoms with van der Waals surface area (Å²) in [4.78, 5) is 44.7. The SMILES string of the molecule is O=C(O)Oc1cccc2c1c(OC(=O)O)c(OC(=O)O)c1c(OC(=O)O)cccc12. The van der Waals surface area contributed by atoms with Crippen molar-refractivity contribution in [2.45, 2.75) is 0 Å². The van der Waals surface area contributed by atoms with Gasteiger partial charge in [0.2, 0.25) is 0 Å². The molecule has 0 radical (unpaired) electrons. The van der Waals surface area contributed by atoms with E-state index >= 15 is 0 Å². The lowest BCUT2D eigenvalue weighted by molar-refractivity contribution is 0.133. The van der Waals surface area contributed by atoms with E-state index in [9.17, 15) is 19.2 Å². The third kappa shape index (κ3) is 3.77. The van der Waals surface area contributed by atoms with Crippen LogP contribution in [0.25, 0.3) is 21.5 Å². The van der Waals surface area contributed by atoms with Crippen molar-refractivity contribution in [1.82, 2.24) is 0 Å². The molecule has 0 fully saturated rings. The summed E-state index contributed by atoms with van der Waals surface area (Å²) in [5.74, 6) is -2.22. The second kappa shape index (κ2) is 7.71. The highest BCUT2D eigenvalue weighted by atomic mass is 16.7. The van der Waals surface area contributed by atoms with Crippen LogP contribution >= 0.6 is 0 Å². The molecule has 3 aromatic carbocycles. The van der Waals surface area contributed by atoms with Gasteiger partial charge in [-0.05, 0) is 22.9 Å². The normalized spacial score (nSPS) is 10.4. The van der Waals surface area contributed by atoms with Crippen molar-refractivity contribution in [2.24, 2.45) is 0 Å². The molecule has 0 spiro atoms. The average Bonchev–Trinajstić information content (AvgIpc) is 2.63. The number of benzene rings is 3. The van der Waals surface area contributed by atoms with Crippen molar-refractivity contribution in [3.05, 3.63) is 36.4 Å². The molecular weight excluding hydrogens is 408 g/mol. The van der Waals surface area contributed by atoms with Crippen LogP contribution in [0.2, 0.25) is 0 Å². The van der Waals surface area contributed by atoms with E-state index in [1.807, 2.05) is 0 Å². The van der Waals surface area contributed by atoms with Gasteiger partial charge in [0.1, 0.15) is 11.5 Å². The number of carboxylic acid groups (broad SMARTS) is 4.